The Hall–Kier alpha value is -2.45. The van der Waals surface area contributed by atoms with Gasteiger partial charge in [0.15, 0.2) is 0 Å². The van der Waals surface area contributed by atoms with Crippen LogP contribution in [0.1, 0.15) is 24.8 Å². The summed E-state index contributed by atoms with van der Waals surface area (Å²) in [4.78, 5) is 24.3. The molecule has 0 spiro atoms. The lowest BCUT2D eigenvalue weighted by molar-refractivity contribution is -0.121. The highest BCUT2D eigenvalue weighted by Gasteiger charge is 2.27. The lowest BCUT2D eigenvalue weighted by Crippen LogP contribution is -2.34. The lowest BCUT2D eigenvalue weighted by Gasteiger charge is -2.16. The molecule has 150 valence electrons. The molecule has 28 heavy (non-hydrogen) atoms. The van der Waals surface area contributed by atoms with Gasteiger partial charge in [-0.1, -0.05) is 30.3 Å². The molecule has 0 aliphatic carbocycles. The summed E-state index contributed by atoms with van der Waals surface area (Å²) in [6.45, 7) is 1.27. The summed E-state index contributed by atoms with van der Waals surface area (Å²) >= 11 is 0. The molecule has 0 bridgehead atoms. The van der Waals surface area contributed by atoms with Crippen LogP contribution in [0, 0.1) is 0 Å². The van der Waals surface area contributed by atoms with Crippen molar-refractivity contribution in [3.63, 3.8) is 0 Å². The second-order valence-electron chi connectivity index (χ2n) is 6.88. The molecule has 8 heteroatoms. The average molecular weight is 404 g/mol. The smallest absolute Gasteiger partial charge is 0.251 e. The van der Waals surface area contributed by atoms with Crippen LogP contribution in [0.2, 0.25) is 0 Å². The van der Waals surface area contributed by atoms with Crippen LogP contribution in [0.5, 0.6) is 0 Å². The number of amides is 1. The summed E-state index contributed by atoms with van der Waals surface area (Å²) in [5.41, 5.74) is 0.799. The van der Waals surface area contributed by atoms with Crippen molar-refractivity contribution in [2.24, 2.45) is 0 Å². The first kappa shape index (κ1) is 20.3. The second kappa shape index (κ2) is 9.16. The maximum atomic E-state index is 12.6. The first-order chi connectivity index (χ1) is 13.5. The molecule has 3 rings (SSSR count). The van der Waals surface area contributed by atoms with Crippen LogP contribution >= 0.6 is 0 Å². The summed E-state index contributed by atoms with van der Waals surface area (Å²) in [7, 11) is -3.62. The molecule has 1 aromatic carbocycles. The van der Waals surface area contributed by atoms with E-state index in [2.05, 4.69) is 5.32 Å². The van der Waals surface area contributed by atoms with Gasteiger partial charge in [-0.25, -0.2) is 8.42 Å². The van der Waals surface area contributed by atoms with Gasteiger partial charge in [-0.3, -0.25) is 9.59 Å². The van der Waals surface area contributed by atoms with Crippen molar-refractivity contribution >= 4 is 15.9 Å². The van der Waals surface area contributed by atoms with Gasteiger partial charge in [-0.2, -0.15) is 4.31 Å². The van der Waals surface area contributed by atoms with E-state index in [0.29, 0.717) is 19.6 Å². The zero-order valence-electron chi connectivity index (χ0n) is 15.7. The third-order valence-corrected chi connectivity index (χ3v) is 6.66. The highest BCUT2D eigenvalue weighted by molar-refractivity contribution is 7.89. The van der Waals surface area contributed by atoms with Crippen molar-refractivity contribution in [1.82, 2.24) is 14.2 Å². The maximum Gasteiger partial charge on any atom is 0.251 e. The second-order valence-corrected chi connectivity index (χ2v) is 8.82. The first-order valence-electron chi connectivity index (χ1n) is 9.48. The number of pyridine rings is 1. The fourth-order valence-electron chi connectivity index (χ4n) is 3.24. The summed E-state index contributed by atoms with van der Waals surface area (Å²) < 4.78 is 27.8. The Bertz CT molecular complexity index is 964. The number of aryl methyl sites for hydroxylation is 1. The van der Waals surface area contributed by atoms with E-state index in [4.69, 9.17) is 0 Å². The van der Waals surface area contributed by atoms with Crippen LogP contribution in [-0.4, -0.2) is 42.8 Å². The van der Waals surface area contributed by atoms with Gasteiger partial charge in [0.05, 0.1) is 4.90 Å². The van der Waals surface area contributed by atoms with E-state index in [1.807, 2.05) is 30.3 Å². The van der Waals surface area contributed by atoms with Crippen molar-refractivity contribution in [3.05, 3.63) is 64.6 Å². The third kappa shape index (κ3) is 5.08. The zero-order chi connectivity index (χ0) is 20.0. The topological polar surface area (TPSA) is 88.5 Å². The molecule has 0 radical (unpaired) electrons. The van der Waals surface area contributed by atoms with Crippen LogP contribution in [-0.2, 0) is 27.8 Å². The number of hydrogen-bond donors (Lipinski definition) is 1. The van der Waals surface area contributed by atoms with E-state index >= 15 is 0 Å². The van der Waals surface area contributed by atoms with E-state index in [1.54, 1.807) is 0 Å². The van der Waals surface area contributed by atoms with E-state index in [1.165, 1.54) is 28.2 Å². The molecule has 1 aromatic heterocycles. The fraction of sp³-hybridized carbons (Fsp3) is 0.400. The van der Waals surface area contributed by atoms with E-state index < -0.39 is 15.6 Å². The highest BCUT2D eigenvalue weighted by Crippen LogP contribution is 2.19. The molecule has 0 atom stereocenters. The van der Waals surface area contributed by atoms with Gasteiger partial charge in [0.1, 0.15) is 6.54 Å². The van der Waals surface area contributed by atoms with Gasteiger partial charge < -0.3 is 9.88 Å². The minimum Gasteiger partial charge on any atom is -0.355 e. The van der Waals surface area contributed by atoms with Crippen LogP contribution in [0.3, 0.4) is 0 Å². The van der Waals surface area contributed by atoms with Crippen molar-refractivity contribution < 1.29 is 13.2 Å². The van der Waals surface area contributed by atoms with Crippen molar-refractivity contribution in [2.75, 3.05) is 19.6 Å². The molecule has 1 aliphatic heterocycles. The summed E-state index contributed by atoms with van der Waals surface area (Å²) in [6, 6.07) is 12.5. The quantitative estimate of drug-likeness (QED) is 0.675. The number of benzene rings is 1. The van der Waals surface area contributed by atoms with Gasteiger partial charge in [0, 0.05) is 31.9 Å². The van der Waals surface area contributed by atoms with Crippen LogP contribution in [0.4, 0.5) is 0 Å². The average Bonchev–Trinajstić information content (AvgIpc) is 3.23. The number of nitrogens with zero attached hydrogens (tertiary/aromatic N) is 2. The Morgan fingerprint density at radius 1 is 1.04 bits per heavy atom. The molecular weight excluding hydrogens is 378 g/mol. The van der Waals surface area contributed by atoms with Crippen molar-refractivity contribution in [2.45, 2.75) is 37.1 Å². The van der Waals surface area contributed by atoms with E-state index in [-0.39, 0.29) is 17.3 Å². The monoisotopic (exact) mass is 403 g/mol. The molecule has 1 amide bonds. The van der Waals surface area contributed by atoms with Crippen molar-refractivity contribution in [3.8, 4) is 0 Å². The Kier molecular flexibility index (Phi) is 6.64. The normalized spacial score (nSPS) is 14.9. The molecule has 1 saturated heterocycles. The SMILES string of the molecule is O=C(Cn1cc(S(=O)(=O)N2CCCC2)ccc1=O)NCCCc1ccccc1. The molecule has 2 heterocycles. The minimum atomic E-state index is -3.62. The Morgan fingerprint density at radius 2 is 1.75 bits per heavy atom. The fourth-order valence-corrected chi connectivity index (χ4v) is 4.78. The van der Waals surface area contributed by atoms with Gasteiger partial charge in [0.2, 0.25) is 15.9 Å². The first-order valence-corrected chi connectivity index (χ1v) is 10.9. The maximum absolute atomic E-state index is 12.6. The van der Waals surface area contributed by atoms with Gasteiger partial charge >= 0.3 is 0 Å². The lowest BCUT2D eigenvalue weighted by atomic mass is 10.1. The number of nitrogens with one attached hydrogen (secondary N) is 1. The van der Waals surface area contributed by atoms with Crippen LogP contribution in [0.25, 0.3) is 0 Å². The largest absolute Gasteiger partial charge is 0.355 e. The summed E-state index contributed by atoms with van der Waals surface area (Å²) in [5, 5.41) is 2.78. The molecule has 1 aliphatic rings. The molecule has 7 nitrogen and oxygen atoms in total. The predicted octanol–water partition coefficient (Wildman–Crippen LogP) is 1.38. The molecule has 1 N–H and O–H groups in total. The third-order valence-electron chi connectivity index (χ3n) is 4.78. The Balaban J connectivity index is 1.57. The van der Waals surface area contributed by atoms with Crippen LogP contribution in [0.15, 0.2) is 58.4 Å². The summed E-state index contributed by atoms with van der Waals surface area (Å²) in [6.07, 6.45) is 4.58. The number of aromatic nitrogens is 1. The highest BCUT2D eigenvalue weighted by atomic mass is 32.2. The Morgan fingerprint density at radius 3 is 2.46 bits per heavy atom. The molecule has 1 fully saturated rings. The molecule has 0 saturated carbocycles. The summed E-state index contributed by atoms with van der Waals surface area (Å²) in [5.74, 6) is -0.314. The van der Waals surface area contributed by atoms with Crippen LogP contribution < -0.4 is 10.9 Å². The predicted molar refractivity (Wildman–Crippen MR) is 106 cm³/mol. The number of hydrogen-bond acceptors (Lipinski definition) is 4. The van der Waals surface area contributed by atoms with Gasteiger partial charge in [-0.05, 0) is 37.3 Å². The molecule has 2 aromatic rings. The standard InChI is InChI=1S/C20H25N3O4S/c24-19(21-12-6-9-17-7-2-1-3-8-17)16-22-15-18(10-11-20(22)25)28(26,27)23-13-4-5-14-23/h1-3,7-8,10-11,15H,4-6,9,12-14,16H2,(H,21,24). The Labute approximate surface area is 165 Å². The number of carbonyl (C=O) groups excluding carboxylic acids is 1. The zero-order valence-corrected chi connectivity index (χ0v) is 16.5. The number of sulfonamides is 1. The van der Waals surface area contributed by atoms with Gasteiger partial charge in [-0.15, -0.1) is 0 Å². The minimum absolute atomic E-state index is 0.0471. The molecular formula is C20H25N3O4S. The van der Waals surface area contributed by atoms with Crippen molar-refractivity contribution in [1.29, 1.82) is 0 Å². The number of rotatable bonds is 8. The number of carbonyl (C=O) groups is 1. The van der Waals surface area contributed by atoms with E-state index in [0.717, 1.165) is 30.3 Å². The molecule has 0 unspecified atom stereocenters. The van der Waals surface area contributed by atoms with Gasteiger partial charge in [0.25, 0.3) is 5.56 Å². The van der Waals surface area contributed by atoms with E-state index in [9.17, 15) is 18.0 Å².